The van der Waals surface area contributed by atoms with E-state index < -0.39 is 0 Å². The van der Waals surface area contributed by atoms with E-state index >= 15 is 0 Å². The van der Waals surface area contributed by atoms with Crippen molar-refractivity contribution in [1.29, 1.82) is 0 Å². The van der Waals surface area contributed by atoms with Gasteiger partial charge in [0.05, 0.1) is 19.6 Å². The second-order valence-corrected chi connectivity index (χ2v) is 4.80. The fourth-order valence-electron chi connectivity index (χ4n) is 2.32. The molecule has 2 rings (SSSR count). The molecule has 1 aliphatic rings. The molecule has 1 saturated heterocycles. The molecule has 0 spiro atoms. The van der Waals surface area contributed by atoms with Gasteiger partial charge in [-0.15, -0.1) is 0 Å². The first kappa shape index (κ1) is 13.9. The molecule has 0 N–H and O–H groups in total. The number of cyclic esters (lactones) is 1. The molecule has 0 saturated carbocycles. The Morgan fingerprint density at radius 2 is 2.00 bits per heavy atom. The molecular weight excluding hydrogens is 244 g/mol. The summed E-state index contributed by atoms with van der Waals surface area (Å²) in [6, 6.07) is 7.97. The molecule has 0 bridgehead atoms. The van der Waals surface area contributed by atoms with E-state index in [1.165, 1.54) is 5.56 Å². The second kappa shape index (κ2) is 6.57. The summed E-state index contributed by atoms with van der Waals surface area (Å²) in [7, 11) is 3.30. The van der Waals surface area contributed by atoms with Crippen molar-refractivity contribution in [2.75, 3.05) is 14.2 Å². The van der Waals surface area contributed by atoms with E-state index in [0.29, 0.717) is 6.42 Å². The Labute approximate surface area is 113 Å². The van der Waals surface area contributed by atoms with E-state index in [1.54, 1.807) is 14.2 Å². The number of rotatable bonds is 5. The quantitative estimate of drug-likeness (QED) is 0.766. The van der Waals surface area contributed by atoms with Crippen LogP contribution in [0.4, 0.5) is 0 Å². The number of hydrogen-bond donors (Lipinski definition) is 0. The Kier molecular flexibility index (Phi) is 4.80. The van der Waals surface area contributed by atoms with E-state index in [2.05, 4.69) is 0 Å². The summed E-state index contributed by atoms with van der Waals surface area (Å²) in [5, 5.41) is 0. The van der Waals surface area contributed by atoms with Crippen LogP contribution in [-0.4, -0.2) is 32.4 Å². The van der Waals surface area contributed by atoms with Gasteiger partial charge in [0, 0.05) is 13.5 Å². The topological polar surface area (TPSA) is 44.8 Å². The predicted molar refractivity (Wildman–Crippen MR) is 71.2 cm³/mol. The van der Waals surface area contributed by atoms with Crippen LogP contribution >= 0.6 is 0 Å². The Hall–Kier alpha value is -1.55. The van der Waals surface area contributed by atoms with Crippen LogP contribution in [0.25, 0.3) is 0 Å². The number of aryl methyl sites for hydroxylation is 1. The van der Waals surface area contributed by atoms with E-state index in [4.69, 9.17) is 14.2 Å². The van der Waals surface area contributed by atoms with Crippen LogP contribution in [0.2, 0.25) is 0 Å². The summed E-state index contributed by atoms with van der Waals surface area (Å²) in [6.45, 7) is 0. The maximum absolute atomic E-state index is 11.4. The summed E-state index contributed by atoms with van der Waals surface area (Å²) >= 11 is 0. The standard InChI is InChI=1S/C15H20O4/c1-17-12-6-3-11(4-7-12)5-8-13-9-14(18-2)10-15(16)19-13/h3-4,6-7,13-14H,5,8-10H2,1-2H3. The van der Waals surface area contributed by atoms with Crippen LogP contribution in [0.15, 0.2) is 24.3 Å². The molecule has 0 radical (unpaired) electrons. The lowest BCUT2D eigenvalue weighted by Crippen LogP contribution is -2.33. The lowest BCUT2D eigenvalue weighted by atomic mass is 9.99. The van der Waals surface area contributed by atoms with Gasteiger partial charge in [0.15, 0.2) is 0 Å². The van der Waals surface area contributed by atoms with Crippen molar-refractivity contribution in [1.82, 2.24) is 0 Å². The molecule has 104 valence electrons. The smallest absolute Gasteiger partial charge is 0.308 e. The first-order valence-corrected chi connectivity index (χ1v) is 6.56. The van der Waals surface area contributed by atoms with Gasteiger partial charge < -0.3 is 14.2 Å². The number of hydrogen-bond acceptors (Lipinski definition) is 4. The zero-order valence-corrected chi connectivity index (χ0v) is 11.4. The molecule has 19 heavy (non-hydrogen) atoms. The monoisotopic (exact) mass is 264 g/mol. The molecular formula is C15H20O4. The second-order valence-electron chi connectivity index (χ2n) is 4.80. The highest BCUT2D eigenvalue weighted by molar-refractivity contribution is 5.71. The van der Waals surface area contributed by atoms with Gasteiger partial charge in [0.2, 0.25) is 0 Å². The number of carbonyl (C=O) groups excluding carboxylic acids is 1. The van der Waals surface area contributed by atoms with Gasteiger partial charge in [-0.1, -0.05) is 12.1 Å². The SMILES string of the molecule is COc1ccc(CCC2CC(OC)CC(=O)O2)cc1. The van der Waals surface area contributed by atoms with Gasteiger partial charge in [-0.05, 0) is 30.5 Å². The number of benzene rings is 1. The van der Waals surface area contributed by atoms with E-state index in [1.807, 2.05) is 24.3 Å². The maximum Gasteiger partial charge on any atom is 0.308 e. The normalized spacial score (nSPS) is 22.9. The molecule has 2 unspecified atom stereocenters. The Balaban J connectivity index is 1.85. The van der Waals surface area contributed by atoms with Crippen LogP contribution in [0, 0.1) is 0 Å². The Bertz CT molecular complexity index is 413. The minimum absolute atomic E-state index is 0.00196. The van der Waals surface area contributed by atoms with Crippen molar-refractivity contribution in [2.24, 2.45) is 0 Å². The fourth-order valence-corrected chi connectivity index (χ4v) is 2.32. The van der Waals surface area contributed by atoms with E-state index in [-0.39, 0.29) is 18.2 Å². The Morgan fingerprint density at radius 3 is 2.63 bits per heavy atom. The maximum atomic E-state index is 11.4. The molecule has 0 aromatic heterocycles. The van der Waals surface area contributed by atoms with Crippen molar-refractivity contribution in [3.05, 3.63) is 29.8 Å². The molecule has 4 heteroatoms. The third-order valence-electron chi connectivity index (χ3n) is 3.47. The summed E-state index contributed by atoms with van der Waals surface area (Å²) in [6.07, 6.45) is 2.85. The van der Waals surface area contributed by atoms with E-state index in [0.717, 1.165) is 25.0 Å². The van der Waals surface area contributed by atoms with Crippen molar-refractivity contribution < 1.29 is 19.0 Å². The molecule has 2 atom stereocenters. The van der Waals surface area contributed by atoms with Gasteiger partial charge in [0.1, 0.15) is 11.9 Å². The zero-order chi connectivity index (χ0) is 13.7. The van der Waals surface area contributed by atoms with Crippen LogP contribution in [-0.2, 0) is 20.7 Å². The highest BCUT2D eigenvalue weighted by Gasteiger charge is 2.28. The van der Waals surface area contributed by atoms with E-state index in [9.17, 15) is 4.79 Å². The van der Waals surface area contributed by atoms with Crippen LogP contribution in [0.5, 0.6) is 5.75 Å². The Morgan fingerprint density at radius 1 is 1.26 bits per heavy atom. The predicted octanol–water partition coefficient (Wildman–Crippen LogP) is 2.35. The first-order valence-electron chi connectivity index (χ1n) is 6.56. The van der Waals surface area contributed by atoms with Crippen molar-refractivity contribution in [2.45, 2.75) is 37.9 Å². The largest absolute Gasteiger partial charge is 0.497 e. The molecule has 0 amide bonds. The highest BCUT2D eigenvalue weighted by atomic mass is 16.6. The molecule has 1 aliphatic heterocycles. The van der Waals surface area contributed by atoms with Crippen LogP contribution in [0.3, 0.4) is 0 Å². The molecule has 1 aromatic rings. The average molecular weight is 264 g/mol. The van der Waals surface area contributed by atoms with Gasteiger partial charge in [0.25, 0.3) is 0 Å². The van der Waals surface area contributed by atoms with Gasteiger partial charge in [-0.3, -0.25) is 4.79 Å². The molecule has 1 fully saturated rings. The van der Waals surface area contributed by atoms with Gasteiger partial charge in [-0.2, -0.15) is 0 Å². The molecule has 4 nitrogen and oxygen atoms in total. The lowest BCUT2D eigenvalue weighted by molar-refractivity contribution is -0.161. The third kappa shape index (κ3) is 3.96. The third-order valence-corrected chi connectivity index (χ3v) is 3.47. The fraction of sp³-hybridized carbons (Fsp3) is 0.533. The number of esters is 1. The number of carbonyl (C=O) groups is 1. The summed E-state index contributed by atoms with van der Waals surface area (Å²) in [4.78, 5) is 11.4. The number of methoxy groups -OCH3 is 2. The van der Waals surface area contributed by atoms with Crippen molar-refractivity contribution in [3.63, 3.8) is 0 Å². The molecule has 0 aliphatic carbocycles. The average Bonchev–Trinajstić information content (AvgIpc) is 2.45. The summed E-state index contributed by atoms with van der Waals surface area (Å²) in [5.74, 6) is 0.699. The van der Waals surface area contributed by atoms with Crippen molar-refractivity contribution in [3.8, 4) is 5.75 Å². The number of ether oxygens (including phenoxy) is 3. The van der Waals surface area contributed by atoms with Crippen LogP contribution in [0.1, 0.15) is 24.8 Å². The summed E-state index contributed by atoms with van der Waals surface area (Å²) < 4.78 is 15.7. The van der Waals surface area contributed by atoms with Crippen LogP contribution < -0.4 is 4.74 Å². The molecule has 1 heterocycles. The first-order chi connectivity index (χ1) is 9.21. The highest BCUT2D eigenvalue weighted by Crippen LogP contribution is 2.22. The van der Waals surface area contributed by atoms with Gasteiger partial charge in [-0.25, -0.2) is 0 Å². The zero-order valence-electron chi connectivity index (χ0n) is 11.4. The van der Waals surface area contributed by atoms with Crippen molar-refractivity contribution >= 4 is 5.97 Å². The minimum atomic E-state index is -0.155. The van der Waals surface area contributed by atoms with Gasteiger partial charge >= 0.3 is 5.97 Å². The lowest BCUT2D eigenvalue weighted by Gasteiger charge is -2.28. The minimum Gasteiger partial charge on any atom is -0.497 e. The summed E-state index contributed by atoms with van der Waals surface area (Å²) in [5.41, 5.74) is 1.22. The molecule has 1 aromatic carbocycles.